The third kappa shape index (κ3) is 4.17. The number of hydrogen-bond donors (Lipinski definition) is 3. The number of H-pyrrole nitrogens is 1. The van der Waals surface area contributed by atoms with Gasteiger partial charge >= 0.3 is 0 Å². The van der Waals surface area contributed by atoms with Crippen LogP contribution in [0.1, 0.15) is 64.5 Å². The van der Waals surface area contributed by atoms with E-state index >= 15 is 0 Å². The summed E-state index contributed by atoms with van der Waals surface area (Å²) in [7, 11) is 0. The standard InChI is InChI=1S/C33H32N4O3/c38-31(34-21-12-4-5-13-21)27(18-20-10-2-1-3-11-20)36-32(39)28-19-25-22-14-8-9-17-26(22)35-29(25)30-23-15-6-7-16-24(23)33(40)37(28)30/h1-3,6-11,14-17,21,27-28,30,35H,4-5,12-13,18-19H2,(H,34,38)(H,36,39)/t27-,28-,30?/m0/s1. The number of rotatable bonds is 6. The number of amides is 3. The van der Waals surface area contributed by atoms with Crippen LogP contribution in [0.3, 0.4) is 0 Å². The fourth-order valence-electron chi connectivity index (χ4n) is 6.84. The Balaban J connectivity index is 1.24. The zero-order valence-corrected chi connectivity index (χ0v) is 22.2. The molecule has 0 bridgehead atoms. The van der Waals surface area contributed by atoms with E-state index in [2.05, 4.69) is 21.7 Å². The molecule has 3 aromatic carbocycles. The van der Waals surface area contributed by atoms with Crippen molar-refractivity contribution >= 4 is 28.6 Å². The molecule has 4 aromatic rings. The monoisotopic (exact) mass is 532 g/mol. The summed E-state index contributed by atoms with van der Waals surface area (Å²) < 4.78 is 0. The molecule has 7 rings (SSSR count). The smallest absolute Gasteiger partial charge is 0.255 e. The van der Waals surface area contributed by atoms with Gasteiger partial charge in [-0.05, 0) is 41.7 Å². The largest absolute Gasteiger partial charge is 0.356 e. The number of aromatic amines is 1. The number of carbonyl (C=O) groups is 3. The molecule has 3 amide bonds. The molecule has 1 fully saturated rings. The van der Waals surface area contributed by atoms with Crippen LogP contribution in [0.25, 0.3) is 10.9 Å². The molecule has 0 radical (unpaired) electrons. The molecular weight excluding hydrogens is 500 g/mol. The van der Waals surface area contributed by atoms with E-state index in [1.165, 1.54) is 0 Å². The summed E-state index contributed by atoms with van der Waals surface area (Å²) in [5.41, 5.74) is 5.50. The molecular formula is C33H32N4O3. The zero-order valence-electron chi connectivity index (χ0n) is 22.2. The third-order valence-electron chi connectivity index (χ3n) is 8.77. The first kappa shape index (κ1) is 24.6. The molecule has 1 aliphatic carbocycles. The van der Waals surface area contributed by atoms with Gasteiger partial charge in [0.2, 0.25) is 11.8 Å². The second-order valence-electron chi connectivity index (χ2n) is 11.2. The van der Waals surface area contributed by atoms with Gasteiger partial charge in [-0.15, -0.1) is 0 Å². The van der Waals surface area contributed by atoms with Crippen molar-refractivity contribution in [3.8, 4) is 0 Å². The lowest BCUT2D eigenvalue weighted by molar-refractivity contribution is -0.132. The summed E-state index contributed by atoms with van der Waals surface area (Å²) in [6, 6.07) is 23.7. The van der Waals surface area contributed by atoms with Crippen molar-refractivity contribution in [2.75, 3.05) is 0 Å². The van der Waals surface area contributed by atoms with E-state index in [1.54, 1.807) is 4.90 Å². The van der Waals surface area contributed by atoms with E-state index in [0.29, 0.717) is 18.4 Å². The first-order chi connectivity index (χ1) is 19.6. The molecule has 0 spiro atoms. The highest BCUT2D eigenvalue weighted by molar-refractivity contribution is 6.04. The maximum absolute atomic E-state index is 14.2. The number of fused-ring (bicyclic) bond motifs is 7. The van der Waals surface area contributed by atoms with E-state index in [4.69, 9.17) is 0 Å². The van der Waals surface area contributed by atoms with Crippen molar-refractivity contribution < 1.29 is 14.4 Å². The summed E-state index contributed by atoms with van der Waals surface area (Å²) in [6.07, 6.45) is 4.90. The van der Waals surface area contributed by atoms with Crippen molar-refractivity contribution in [3.05, 3.63) is 107 Å². The van der Waals surface area contributed by atoms with Gasteiger partial charge in [0, 0.05) is 41.0 Å². The van der Waals surface area contributed by atoms with E-state index in [0.717, 1.165) is 59.0 Å². The first-order valence-electron chi connectivity index (χ1n) is 14.2. The van der Waals surface area contributed by atoms with Gasteiger partial charge in [0.05, 0.1) is 6.04 Å². The Hall–Kier alpha value is -4.39. The Morgan fingerprint density at radius 2 is 1.65 bits per heavy atom. The lowest BCUT2D eigenvalue weighted by Gasteiger charge is -2.37. The molecule has 3 heterocycles. The van der Waals surface area contributed by atoms with Gasteiger partial charge in [-0.1, -0.05) is 79.6 Å². The van der Waals surface area contributed by atoms with Crippen LogP contribution < -0.4 is 10.6 Å². The molecule has 0 saturated heterocycles. The Morgan fingerprint density at radius 3 is 2.48 bits per heavy atom. The van der Waals surface area contributed by atoms with Crippen molar-refractivity contribution in [1.29, 1.82) is 0 Å². The average molecular weight is 533 g/mol. The molecule has 7 heteroatoms. The van der Waals surface area contributed by atoms with Crippen molar-refractivity contribution in [3.63, 3.8) is 0 Å². The van der Waals surface area contributed by atoms with Gasteiger partial charge in [0.15, 0.2) is 0 Å². The molecule has 40 heavy (non-hydrogen) atoms. The molecule has 3 aliphatic rings. The van der Waals surface area contributed by atoms with Gasteiger partial charge < -0.3 is 20.5 Å². The number of hydrogen-bond acceptors (Lipinski definition) is 3. The van der Waals surface area contributed by atoms with Crippen LogP contribution in [0.2, 0.25) is 0 Å². The van der Waals surface area contributed by atoms with Gasteiger partial charge in [0.1, 0.15) is 12.1 Å². The maximum atomic E-state index is 14.2. The number of nitrogens with one attached hydrogen (secondary N) is 3. The number of carbonyl (C=O) groups excluding carboxylic acids is 3. The number of aromatic nitrogens is 1. The van der Waals surface area contributed by atoms with Gasteiger partial charge in [0.25, 0.3) is 5.91 Å². The first-order valence-corrected chi connectivity index (χ1v) is 14.2. The number of nitrogens with zero attached hydrogens (tertiary/aromatic N) is 1. The topological polar surface area (TPSA) is 94.3 Å². The zero-order chi connectivity index (χ0) is 27.2. The molecule has 1 aromatic heterocycles. The summed E-state index contributed by atoms with van der Waals surface area (Å²) in [5, 5.41) is 7.32. The van der Waals surface area contributed by atoms with Crippen LogP contribution in [0, 0.1) is 0 Å². The quantitative estimate of drug-likeness (QED) is 0.343. The Bertz CT molecular complexity index is 1600. The summed E-state index contributed by atoms with van der Waals surface area (Å²) in [4.78, 5) is 46.7. The molecule has 3 N–H and O–H groups in total. The Kier molecular flexibility index (Phi) is 6.14. The molecule has 3 atom stereocenters. The van der Waals surface area contributed by atoms with Crippen molar-refractivity contribution in [2.45, 2.75) is 62.7 Å². The lowest BCUT2D eigenvalue weighted by atomic mass is 9.89. The Morgan fingerprint density at radius 1 is 0.925 bits per heavy atom. The third-order valence-corrected chi connectivity index (χ3v) is 8.77. The molecule has 7 nitrogen and oxygen atoms in total. The summed E-state index contributed by atoms with van der Waals surface area (Å²) >= 11 is 0. The van der Waals surface area contributed by atoms with Crippen molar-refractivity contribution in [2.24, 2.45) is 0 Å². The minimum absolute atomic E-state index is 0.144. The molecule has 1 saturated carbocycles. The lowest BCUT2D eigenvalue weighted by Crippen LogP contribution is -2.57. The highest BCUT2D eigenvalue weighted by Gasteiger charge is 2.49. The van der Waals surface area contributed by atoms with Gasteiger partial charge in [-0.2, -0.15) is 0 Å². The SMILES string of the molecule is O=C(NC1CCCC1)[C@H](Cc1ccccc1)NC(=O)[C@@H]1Cc2c([nH]c3ccccc23)C2c3ccccc3C(=O)N21. The maximum Gasteiger partial charge on any atom is 0.255 e. The van der Waals surface area contributed by atoms with E-state index in [-0.39, 0.29) is 29.8 Å². The predicted molar refractivity (Wildman–Crippen MR) is 153 cm³/mol. The van der Waals surface area contributed by atoms with Crippen LogP contribution in [0.4, 0.5) is 0 Å². The predicted octanol–water partition coefficient (Wildman–Crippen LogP) is 4.42. The van der Waals surface area contributed by atoms with Crippen LogP contribution in [-0.4, -0.2) is 45.7 Å². The average Bonchev–Trinajstić information content (AvgIpc) is 3.70. The second-order valence-corrected chi connectivity index (χ2v) is 11.2. The molecule has 2 aliphatic heterocycles. The van der Waals surface area contributed by atoms with Crippen LogP contribution >= 0.6 is 0 Å². The van der Waals surface area contributed by atoms with E-state index in [9.17, 15) is 14.4 Å². The normalized spacial score (nSPS) is 20.6. The number of benzene rings is 3. The second kappa shape index (κ2) is 9.97. The van der Waals surface area contributed by atoms with Gasteiger partial charge in [-0.3, -0.25) is 14.4 Å². The number of para-hydroxylation sites is 1. The van der Waals surface area contributed by atoms with Crippen LogP contribution in [0.5, 0.6) is 0 Å². The van der Waals surface area contributed by atoms with Crippen LogP contribution in [0.15, 0.2) is 78.9 Å². The minimum Gasteiger partial charge on any atom is -0.356 e. The molecule has 1 unspecified atom stereocenters. The minimum atomic E-state index is -0.742. The summed E-state index contributed by atoms with van der Waals surface area (Å²) in [5.74, 6) is -0.620. The fraction of sp³-hybridized carbons (Fsp3) is 0.303. The highest BCUT2D eigenvalue weighted by atomic mass is 16.2. The van der Waals surface area contributed by atoms with Crippen LogP contribution in [-0.2, 0) is 22.4 Å². The summed E-state index contributed by atoms with van der Waals surface area (Å²) in [6.45, 7) is 0. The highest BCUT2D eigenvalue weighted by Crippen LogP contribution is 2.46. The van der Waals surface area contributed by atoms with Gasteiger partial charge in [-0.25, -0.2) is 0 Å². The van der Waals surface area contributed by atoms with E-state index < -0.39 is 12.1 Å². The van der Waals surface area contributed by atoms with E-state index in [1.807, 2.05) is 72.8 Å². The fourth-order valence-corrected chi connectivity index (χ4v) is 6.84. The van der Waals surface area contributed by atoms with Crippen molar-refractivity contribution in [1.82, 2.24) is 20.5 Å². The Labute approximate surface area is 233 Å². The molecule has 202 valence electrons.